The van der Waals surface area contributed by atoms with Crippen molar-refractivity contribution in [2.45, 2.75) is 19.4 Å². The molecule has 0 aliphatic rings. The number of aliphatic carboxylic acids is 1. The molecule has 0 aromatic heterocycles. The number of ether oxygens (including phenoxy) is 1. The van der Waals surface area contributed by atoms with Crippen molar-refractivity contribution in [3.8, 4) is 5.75 Å². The molecule has 3 N–H and O–H groups in total. The maximum atomic E-state index is 10.7. The van der Waals surface area contributed by atoms with Crippen molar-refractivity contribution in [1.29, 1.82) is 0 Å². The van der Waals surface area contributed by atoms with Gasteiger partial charge in [-0.1, -0.05) is 13.0 Å². The molecule has 4 heteroatoms. The summed E-state index contributed by atoms with van der Waals surface area (Å²) >= 11 is 0. The van der Waals surface area contributed by atoms with E-state index < -0.39 is 12.0 Å². The zero-order chi connectivity index (χ0) is 11.4. The first kappa shape index (κ1) is 11.5. The van der Waals surface area contributed by atoms with Gasteiger partial charge in [0.2, 0.25) is 0 Å². The van der Waals surface area contributed by atoms with Crippen molar-refractivity contribution in [2.75, 3.05) is 7.11 Å². The van der Waals surface area contributed by atoms with E-state index in [1.54, 1.807) is 19.2 Å². The first-order valence-corrected chi connectivity index (χ1v) is 4.74. The van der Waals surface area contributed by atoms with Gasteiger partial charge in [0, 0.05) is 0 Å². The Morgan fingerprint density at radius 1 is 1.53 bits per heavy atom. The number of aryl methyl sites for hydroxylation is 1. The van der Waals surface area contributed by atoms with Gasteiger partial charge in [-0.15, -0.1) is 0 Å². The normalized spacial score (nSPS) is 12.2. The highest BCUT2D eigenvalue weighted by Crippen LogP contribution is 2.21. The van der Waals surface area contributed by atoms with Crippen LogP contribution in [0.2, 0.25) is 0 Å². The quantitative estimate of drug-likeness (QED) is 0.784. The summed E-state index contributed by atoms with van der Waals surface area (Å²) in [4.78, 5) is 10.7. The summed E-state index contributed by atoms with van der Waals surface area (Å²) in [7, 11) is 1.55. The van der Waals surface area contributed by atoms with E-state index in [0.29, 0.717) is 11.3 Å². The molecule has 1 atom stereocenters. The van der Waals surface area contributed by atoms with Crippen molar-refractivity contribution in [3.63, 3.8) is 0 Å². The van der Waals surface area contributed by atoms with Crippen LogP contribution in [0.15, 0.2) is 18.2 Å². The van der Waals surface area contributed by atoms with Gasteiger partial charge < -0.3 is 15.6 Å². The van der Waals surface area contributed by atoms with E-state index in [-0.39, 0.29) is 0 Å². The van der Waals surface area contributed by atoms with Crippen LogP contribution in [0.5, 0.6) is 5.75 Å². The third-order valence-corrected chi connectivity index (χ3v) is 2.26. The molecular weight excluding hydrogens is 194 g/mol. The zero-order valence-corrected chi connectivity index (χ0v) is 8.86. The maximum absolute atomic E-state index is 10.7. The minimum Gasteiger partial charge on any atom is -0.497 e. The standard InChI is InChI=1S/C11H15NO3/c1-3-7-4-8(10(12)11(13)14)6-9(5-7)15-2/h4-6,10H,3,12H2,1-2H3,(H,13,14). The fraction of sp³-hybridized carbons (Fsp3) is 0.364. The summed E-state index contributed by atoms with van der Waals surface area (Å²) in [6, 6.07) is 4.32. The summed E-state index contributed by atoms with van der Waals surface area (Å²) < 4.78 is 5.08. The Kier molecular flexibility index (Phi) is 3.68. The molecule has 0 bridgehead atoms. The fourth-order valence-corrected chi connectivity index (χ4v) is 1.33. The van der Waals surface area contributed by atoms with Crippen molar-refractivity contribution in [1.82, 2.24) is 0 Å². The number of hydrogen-bond donors (Lipinski definition) is 2. The van der Waals surface area contributed by atoms with Crippen LogP contribution in [0.3, 0.4) is 0 Å². The number of carboxylic acid groups (broad SMARTS) is 1. The molecule has 0 saturated carbocycles. The van der Waals surface area contributed by atoms with Crippen LogP contribution in [-0.2, 0) is 11.2 Å². The molecule has 0 radical (unpaired) electrons. The number of carboxylic acids is 1. The van der Waals surface area contributed by atoms with Gasteiger partial charge in [-0.05, 0) is 29.7 Å². The Labute approximate surface area is 88.7 Å². The average Bonchev–Trinajstić information content (AvgIpc) is 2.27. The Morgan fingerprint density at radius 3 is 2.67 bits per heavy atom. The van der Waals surface area contributed by atoms with E-state index >= 15 is 0 Å². The predicted octanol–water partition coefficient (Wildman–Crippen LogP) is 1.34. The van der Waals surface area contributed by atoms with E-state index in [1.807, 2.05) is 13.0 Å². The van der Waals surface area contributed by atoms with Crippen LogP contribution >= 0.6 is 0 Å². The number of hydrogen-bond acceptors (Lipinski definition) is 3. The maximum Gasteiger partial charge on any atom is 0.325 e. The molecule has 0 heterocycles. The van der Waals surface area contributed by atoms with Crippen LogP contribution in [0.1, 0.15) is 24.1 Å². The molecule has 0 fully saturated rings. The Morgan fingerprint density at radius 2 is 2.20 bits per heavy atom. The first-order valence-electron chi connectivity index (χ1n) is 4.74. The average molecular weight is 209 g/mol. The lowest BCUT2D eigenvalue weighted by Crippen LogP contribution is -2.20. The van der Waals surface area contributed by atoms with E-state index in [4.69, 9.17) is 15.6 Å². The van der Waals surface area contributed by atoms with Crippen molar-refractivity contribution < 1.29 is 14.6 Å². The van der Waals surface area contributed by atoms with Crippen molar-refractivity contribution in [2.24, 2.45) is 5.73 Å². The third-order valence-electron chi connectivity index (χ3n) is 2.26. The topological polar surface area (TPSA) is 72.5 Å². The molecule has 1 rings (SSSR count). The van der Waals surface area contributed by atoms with E-state index in [0.717, 1.165) is 12.0 Å². The SMILES string of the molecule is CCc1cc(OC)cc(C(N)C(=O)O)c1. The van der Waals surface area contributed by atoms with Crippen LogP contribution in [-0.4, -0.2) is 18.2 Å². The molecule has 0 spiro atoms. The molecule has 0 saturated heterocycles. The van der Waals surface area contributed by atoms with Gasteiger partial charge in [0.05, 0.1) is 7.11 Å². The summed E-state index contributed by atoms with van der Waals surface area (Å²) in [5.41, 5.74) is 7.11. The lowest BCUT2D eigenvalue weighted by atomic mass is 10.0. The largest absolute Gasteiger partial charge is 0.497 e. The molecule has 4 nitrogen and oxygen atoms in total. The molecule has 82 valence electrons. The number of benzene rings is 1. The summed E-state index contributed by atoms with van der Waals surface area (Å²) in [5.74, 6) is -0.397. The number of rotatable bonds is 4. The van der Waals surface area contributed by atoms with E-state index in [9.17, 15) is 4.79 Å². The molecule has 0 aliphatic carbocycles. The highest BCUT2D eigenvalue weighted by molar-refractivity contribution is 5.75. The minimum atomic E-state index is -1.04. The molecule has 0 aliphatic heterocycles. The summed E-state index contributed by atoms with van der Waals surface area (Å²) in [6.45, 7) is 1.99. The van der Waals surface area contributed by atoms with Gasteiger partial charge in [0.15, 0.2) is 0 Å². The van der Waals surface area contributed by atoms with Gasteiger partial charge in [0.25, 0.3) is 0 Å². The molecule has 1 aromatic rings. The highest BCUT2D eigenvalue weighted by atomic mass is 16.5. The Hall–Kier alpha value is -1.55. The minimum absolute atomic E-state index is 0.568. The van der Waals surface area contributed by atoms with Gasteiger partial charge in [-0.25, -0.2) is 0 Å². The van der Waals surface area contributed by atoms with E-state index in [1.165, 1.54) is 0 Å². The van der Waals surface area contributed by atoms with Crippen LogP contribution < -0.4 is 10.5 Å². The highest BCUT2D eigenvalue weighted by Gasteiger charge is 2.15. The molecule has 15 heavy (non-hydrogen) atoms. The van der Waals surface area contributed by atoms with Crippen LogP contribution in [0, 0.1) is 0 Å². The smallest absolute Gasteiger partial charge is 0.325 e. The lowest BCUT2D eigenvalue weighted by Gasteiger charge is -2.11. The van der Waals surface area contributed by atoms with Crippen LogP contribution in [0.25, 0.3) is 0 Å². The van der Waals surface area contributed by atoms with E-state index in [2.05, 4.69) is 0 Å². The molecular formula is C11H15NO3. The van der Waals surface area contributed by atoms with Crippen LogP contribution in [0.4, 0.5) is 0 Å². The second-order valence-corrected chi connectivity index (χ2v) is 3.28. The number of nitrogens with two attached hydrogens (primary N) is 1. The van der Waals surface area contributed by atoms with Gasteiger partial charge in [-0.3, -0.25) is 4.79 Å². The lowest BCUT2D eigenvalue weighted by molar-refractivity contribution is -0.138. The Balaban J connectivity index is 3.11. The van der Waals surface area contributed by atoms with Gasteiger partial charge >= 0.3 is 5.97 Å². The second-order valence-electron chi connectivity index (χ2n) is 3.28. The summed E-state index contributed by atoms with van der Waals surface area (Å²) in [5, 5.41) is 8.80. The number of carbonyl (C=O) groups is 1. The Bertz CT molecular complexity index is 341. The molecule has 1 aromatic carbocycles. The predicted molar refractivity (Wildman–Crippen MR) is 56.9 cm³/mol. The monoisotopic (exact) mass is 209 g/mol. The van der Waals surface area contributed by atoms with Gasteiger partial charge in [0.1, 0.15) is 11.8 Å². The zero-order valence-electron chi connectivity index (χ0n) is 8.86. The molecule has 0 amide bonds. The van der Waals surface area contributed by atoms with Gasteiger partial charge in [-0.2, -0.15) is 0 Å². The number of methoxy groups -OCH3 is 1. The third kappa shape index (κ3) is 2.70. The summed E-state index contributed by atoms with van der Waals surface area (Å²) in [6.07, 6.45) is 0.816. The first-order chi connectivity index (χ1) is 7.08. The van der Waals surface area contributed by atoms with Crippen molar-refractivity contribution >= 4 is 5.97 Å². The van der Waals surface area contributed by atoms with Crippen molar-refractivity contribution in [3.05, 3.63) is 29.3 Å². The second kappa shape index (κ2) is 4.79. The fourth-order valence-electron chi connectivity index (χ4n) is 1.33. The molecule has 1 unspecified atom stereocenters.